The van der Waals surface area contributed by atoms with Crippen molar-refractivity contribution in [2.75, 3.05) is 17.3 Å². The molecule has 94 valence electrons. The van der Waals surface area contributed by atoms with Crippen molar-refractivity contribution in [3.8, 4) is 0 Å². The Morgan fingerprint density at radius 2 is 2.00 bits per heavy atom. The molecule has 0 saturated carbocycles. The molecule has 0 spiro atoms. The fraction of sp³-hybridized carbons (Fsp3) is 0.417. The van der Waals surface area contributed by atoms with E-state index in [4.69, 9.17) is 5.11 Å². The minimum atomic E-state index is -1.01. The lowest BCUT2D eigenvalue weighted by Gasteiger charge is -2.02. The Morgan fingerprint density at radius 1 is 1.35 bits per heavy atom. The first-order valence-electron chi connectivity index (χ1n) is 5.44. The first-order valence-corrected chi connectivity index (χ1v) is 7.92. The van der Waals surface area contributed by atoms with Gasteiger partial charge in [0.1, 0.15) is 0 Å². The van der Waals surface area contributed by atoms with E-state index >= 15 is 0 Å². The fourth-order valence-corrected chi connectivity index (χ4v) is 3.21. The number of hydrogen-bond acceptors (Lipinski definition) is 3. The molecule has 0 aliphatic heterocycles. The van der Waals surface area contributed by atoms with Crippen molar-refractivity contribution in [3.63, 3.8) is 0 Å². The predicted molar refractivity (Wildman–Crippen MR) is 72.3 cm³/mol. The van der Waals surface area contributed by atoms with Crippen LogP contribution in [0.5, 0.6) is 0 Å². The summed E-state index contributed by atoms with van der Waals surface area (Å²) in [6.45, 7) is 2.10. The Morgan fingerprint density at radius 3 is 2.53 bits per heavy atom. The number of benzene rings is 1. The van der Waals surface area contributed by atoms with Gasteiger partial charge in [0.2, 0.25) is 0 Å². The highest BCUT2D eigenvalue weighted by Gasteiger charge is 2.06. The summed E-state index contributed by atoms with van der Waals surface area (Å²) in [4.78, 5) is 11.4. The van der Waals surface area contributed by atoms with E-state index in [9.17, 15) is 9.00 Å². The molecule has 0 fully saturated rings. The third-order valence-corrected chi connectivity index (χ3v) is 4.63. The summed E-state index contributed by atoms with van der Waals surface area (Å²) in [6.07, 6.45) is 0.922. The molecular weight excluding hydrogens is 256 g/mol. The van der Waals surface area contributed by atoms with Gasteiger partial charge in [0.15, 0.2) is 0 Å². The molecule has 0 aliphatic carbocycles. The summed E-state index contributed by atoms with van der Waals surface area (Å²) in [5.74, 6) is 1.79. The molecule has 0 radical (unpaired) electrons. The van der Waals surface area contributed by atoms with E-state index < -0.39 is 16.8 Å². The molecule has 0 aromatic heterocycles. The molecule has 3 nitrogen and oxygen atoms in total. The molecular formula is C12H16O3S2. The normalized spacial score (nSPS) is 12.3. The molecule has 5 heteroatoms. The first-order chi connectivity index (χ1) is 8.15. The highest BCUT2D eigenvalue weighted by molar-refractivity contribution is 7.99. The summed E-state index contributed by atoms with van der Waals surface area (Å²) in [5.41, 5.74) is 0.229. The van der Waals surface area contributed by atoms with Crippen LogP contribution in [0.2, 0.25) is 0 Å². The lowest BCUT2D eigenvalue weighted by atomic mass is 10.2. The molecule has 1 aromatic carbocycles. The molecule has 1 aromatic rings. The van der Waals surface area contributed by atoms with E-state index in [1.54, 1.807) is 12.1 Å². The van der Waals surface area contributed by atoms with Crippen LogP contribution in [-0.2, 0) is 10.8 Å². The van der Waals surface area contributed by atoms with Crippen LogP contribution in [0.3, 0.4) is 0 Å². The average Bonchev–Trinajstić information content (AvgIpc) is 2.34. The third kappa shape index (κ3) is 4.91. The number of rotatable bonds is 7. The Labute approximate surface area is 108 Å². The van der Waals surface area contributed by atoms with Crippen molar-refractivity contribution in [1.82, 2.24) is 0 Å². The standard InChI is InChI=1S/C12H16O3S2/c1-2-16-8-3-9-17(15)11-6-4-10(5-7-11)12(13)14/h4-7H,2-3,8-9H2,1H3,(H,13,14). The summed E-state index contributed by atoms with van der Waals surface area (Å²) in [7, 11) is -1.01. The van der Waals surface area contributed by atoms with E-state index in [2.05, 4.69) is 6.92 Å². The zero-order valence-electron chi connectivity index (χ0n) is 9.72. The van der Waals surface area contributed by atoms with Gasteiger partial charge in [-0.05, 0) is 42.2 Å². The molecule has 0 amide bonds. The number of thioether (sulfide) groups is 1. The quantitative estimate of drug-likeness (QED) is 0.775. The SMILES string of the molecule is CCSCCCS(=O)c1ccc(C(=O)O)cc1. The summed E-state index contributed by atoms with van der Waals surface area (Å²) in [6, 6.07) is 6.26. The highest BCUT2D eigenvalue weighted by atomic mass is 32.2. The number of carboxylic acid groups (broad SMARTS) is 1. The van der Waals surface area contributed by atoms with Gasteiger partial charge in [0.25, 0.3) is 0 Å². The van der Waals surface area contributed by atoms with E-state index in [1.807, 2.05) is 11.8 Å². The zero-order valence-corrected chi connectivity index (χ0v) is 11.4. The number of carbonyl (C=O) groups is 1. The molecule has 1 N–H and O–H groups in total. The summed E-state index contributed by atoms with van der Waals surface area (Å²) in [5, 5.41) is 8.74. The van der Waals surface area contributed by atoms with Crippen LogP contribution in [0, 0.1) is 0 Å². The molecule has 17 heavy (non-hydrogen) atoms. The molecule has 1 rings (SSSR count). The molecule has 1 unspecified atom stereocenters. The van der Waals surface area contributed by atoms with Gasteiger partial charge in [0, 0.05) is 10.6 Å². The summed E-state index contributed by atoms with van der Waals surface area (Å²) >= 11 is 1.84. The van der Waals surface area contributed by atoms with E-state index in [-0.39, 0.29) is 5.56 Å². The Balaban J connectivity index is 2.49. The lowest BCUT2D eigenvalue weighted by molar-refractivity contribution is 0.0697. The topological polar surface area (TPSA) is 54.4 Å². The van der Waals surface area contributed by atoms with E-state index in [0.29, 0.717) is 10.6 Å². The van der Waals surface area contributed by atoms with Gasteiger partial charge in [-0.25, -0.2) is 4.79 Å². The molecule has 0 aliphatic rings. The second kappa shape index (κ2) is 7.50. The Hall–Kier alpha value is -0.810. The average molecular weight is 272 g/mol. The van der Waals surface area contributed by atoms with Crippen LogP contribution in [0.4, 0.5) is 0 Å². The van der Waals surface area contributed by atoms with Crippen LogP contribution < -0.4 is 0 Å². The van der Waals surface area contributed by atoms with Crippen molar-refractivity contribution in [3.05, 3.63) is 29.8 Å². The second-order valence-electron chi connectivity index (χ2n) is 3.43. The lowest BCUT2D eigenvalue weighted by Crippen LogP contribution is -2.01. The zero-order chi connectivity index (χ0) is 12.7. The van der Waals surface area contributed by atoms with Crippen LogP contribution in [0.25, 0.3) is 0 Å². The molecule has 0 heterocycles. The Kier molecular flexibility index (Phi) is 6.29. The van der Waals surface area contributed by atoms with Gasteiger partial charge in [-0.3, -0.25) is 4.21 Å². The van der Waals surface area contributed by atoms with E-state index in [0.717, 1.165) is 17.9 Å². The number of hydrogen-bond donors (Lipinski definition) is 1. The molecule has 0 saturated heterocycles. The van der Waals surface area contributed by atoms with Crippen LogP contribution >= 0.6 is 11.8 Å². The van der Waals surface area contributed by atoms with Gasteiger partial charge in [-0.15, -0.1) is 0 Å². The minimum absolute atomic E-state index is 0.229. The monoisotopic (exact) mass is 272 g/mol. The van der Waals surface area contributed by atoms with Crippen LogP contribution in [0.1, 0.15) is 23.7 Å². The largest absolute Gasteiger partial charge is 0.478 e. The minimum Gasteiger partial charge on any atom is -0.478 e. The van der Waals surface area contributed by atoms with Gasteiger partial charge in [0.05, 0.1) is 16.4 Å². The van der Waals surface area contributed by atoms with Crippen LogP contribution in [0.15, 0.2) is 29.2 Å². The Bertz CT molecular complexity index is 387. The first kappa shape index (κ1) is 14.3. The third-order valence-electron chi connectivity index (χ3n) is 2.19. The van der Waals surface area contributed by atoms with Gasteiger partial charge < -0.3 is 5.11 Å². The smallest absolute Gasteiger partial charge is 0.335 e. The number of carboxylic acids is 1. The van der Waals surface area contributed by atoms with Crippen molar-refractivity contribution in [2.24, 2.45) is 0 Å². The van der Waals surface area contributed by atoms with Crippen molar-refractivity contribution in [1.29, 1.82) is 0 Å². The molecule has 1 atom stereocenters. The fourth-order valence-electron chi connectivity index (χ4n) is 1.30. The maximum atomic E-state index is 11.8. The van der Waals surface area contributed by atoms with Crippen molar-refractivity contribution >= 4 is 28.5 Å². The van der Waals surface area contributed by atoms with Crippen molar-refractivity contribution in [2.45, 2.75) is 18.2 Å². The second-order valence-corrected chi connectivity index (χ2v) is 6.39. The maximum absolute atomic E-state index is 11.8. The highest BCUT2D eigenvalue weighted by Crippen LogP contribution is 2.11. The van der Waals surface area contributed by atoms with E-state index in [1.165, 1.54) is 12.1 Å². The maximum Gasteiger partial charge on any atom is 0.335 e. The summed E-state index contributed by atoms with van der Waals surface area (Å²) < 4.78 is 11.8. The van der Waals surface area contributed by atoms with Gasteiger partial charge >= 0.3 is 5.97 Å². The predicted octanol–water partition coefficient (Wildman–Crippen LogP) is 2.64. The van der Waals surface area contributed by atoms with Crippen molar-refractivity contribution < 1.29 is 14.1 Å². The van der Waals surface area contributed by atoms with Gasteiger partial charge in [-0.1, -0.05) is 6.92 Å². The number of aromatic carboxylic acids is 1. The van der Waals surface area contributed by atoms with Gasteiger partial charge in [-0.2, -0.15) is 11.8 Å². The van der Waals surface area contributed by atoms with Crippen LogP contribution in [-0.4, -0.2) is 32.5 Å². The molecule has 0 bridgehead atoms.